The summed E-state index contributed by atoms with van der Waals surface area (Å²) in [7, 11) is 1.64. The first-order valence-electron chi connectivity index (χ1n) is 4.81. The molecule has 1 unspecified atom stereocenters. The maximum Gasteiger partial charge on any atom is 0.137 e. The van der Waals surface area contributed by atoms with Gasteiger partial charge >= 0.3 is 0 Å². The summed E-state index contributed by atoms with van der Waals surface area (Å²) >= 11 is 6.04. The van der Waals surface area contributed by atoms with Crippen LogP contribution in [-0.2, 0) is 12.8 Å². The van der Waals surface area contributed by atoms with Gasteiger partial charge in [0, 0.05) is 6.04 Å². The third kappa shape index (κ3) is 1.72. The predicted octanol–water partition coefficient (Wildman–Crippen LogP) is 2.16. The van der Waals surface area contributed by atoms with E-state index >= 15 is 0 Å². The van der Waals surface area contributed by atoms with Crippen LogP contribution in [0.5, 0.6) is 5.75 Å². The molecule has 2 N–H and O–H groups in total. The number of nitrogens with two attached hydrogens (primary N) is 1. The van der Waals surface area contributed by atoms with Crippen molar-refractivity contribution in [2.45, 2.75) is 25.3 Å². The van der Waals surface area contributed by atoms with E-state index in [9.17, 15) is 0 Å². The second-order valence-corrected chi connectivity index (χ2v) is 4.17. The number of fused-ring (bicyclic) bond motifs is 1. The number of benzene rings is 1. The largest absolute Gasteiger partial charge is 0.495 e. The Morgan fingerprint density at radius 2 is 2.21 bits per heavy atom. The summed E-state index contributed by atoms with van der Waals surface area (Å²) in [4.78, 5) is 0. The molecule has 1 aromatic carbocycles. The van der Waals surface area contributed by atoms with Crippen molar-refractivity contribution in [1.29, 1.82) is 0 Å². The molecule has 2 nitrogen and oxygen atoms in total. The van der Waals surface area contributed by atoms with Crippen LogP contribution in [0, 0.1) is 0 Å². The number of aryl methyl sites for hydroxylation is 1. The first kappa shape index (κ1) is 9.81. The number of hydrogen-bond acceptors (Lipinski definition) is 2. The second-order valence-electron chi connectivity index (χ2n) is 3.76. The Hall–Kier alpha value is -0.730. The zero-order chi connectivity index (χ0) is 10.1. The zero-order valence-electron chi connectivity index (χ0n) is 8.22. The molecular formula is C11H14ClNO. The van der Waals surface area contributed by atoms with Crippen molar-refractivity contribution in [2.75, 3.05) is 7.11 Å². The molecule has 0 saturated heterocycles. The van der Waals surface area contributed by atoms with Crippen LogP contribution in [0.2, 0.25) is 5.02 Å². The molecule has 14 heavy (non-hydrogen) atoms. The summed E-state index contributed by atoms with van der Waals surface area (Å²) < 4.78 is 5.17. The maximum absolute atomic E-state index is 6.04. The maximum atomic E-state index is 6.04. The van der Waals surface area contributed by atoms with Gasteiger partial charge in [-0.15, -0.1) is 0 Å². The fourth-order valence-electron chi connectivity index (χ4n) is 1.94. The first-order valence-corrected chi connectivity index (χ1v) is 5.19. The van der Waals surface area contributed by atoms with Gasteiger partial charge in [0.15, 0.2) is 0 Å². The molecule has 0 radical (unpaired) electrons. The van der Waals surface area contributed by atoms with E-state index in [1.165, 1.54) is 11.1 Å². The second kappa shape index (κ2) is 3.79. The van der Waals surface area contributed by atoms with Crippen LogP contribution in [-0.4, -0.2) is 13.2 Å². The van der Waals surface area contributed by atoms with Crippen molar-refractivity contribution in [2.24, 2.45) is 5.73 Å². The third-order valence-corrected chi connectivity index (χ3v) is 3.04. The number of rotatable bonds is 1. The number of methoxy groups -OCH3 is 1. The van der Waals surface area contributed by atoms with Gasteiger partial charge in [-0.1, -0.05) is 11.6 Å². The summed E-state index contributed by atoms with van der Waals surface area (Å²) in [6.45, 7) is 0. The minimum absolute atomic E-state index is 0.286. The molecule has 1 aliphatic rings. The van der Waals surface area contributed by atoms with Crippen molar-refractivity contribution >= 4 is 11.6 Å². The average molecular weight is 212 g/mol. The van der Waals surface area contributed by atoms with Crippen molar-refractivity contribution in [3.63, 3.8) is 0 Å². The van der Waals surface area contributed by atoms with Gasteiger partial charge in [-0.2, -0.15) is 0 Å². The number of hydrogen-bond donors (Lipinski definition) is 1. The van der Waals surface area contributed by atoms with Crippen molar-refractivity contribution in [3.05, 3.63) is 28.3 Å². The van der Waals surface area contributed by atoms with Crippen LogP contribution in [0.15, 0.2) is 12.1 Å². The van der Waals surface area contributed by atoms with Crippen LogP contribution in [0.4, 0.5) is 0 Å². The molecule has 1 aromatic rings. The molecule has 0 spiro atoms. The van der Waals surface area contributed by atoms with E-state index < -0.39 is 0 Å². The Morgan fingerprint density at radius 3 is 2.93 bits per heavy atom. The summed E-state index contributed by atoms with van der Waals surface area (Å²) in [6, 6.07) is 4.30. The van der Waals surface area contributed by atoms with Crippen LogP contribution < -0.4 is 10.5 Å². The Bertz CT molecular complexity index is 351. The molecule has 0 aliphatic heterocycles. The zero-order valence-corrected chi connectivity index (χ0v) is 8.97. The van der Waals surface area contributed by atoms with E-state index in [-0.39, 0.29) is 6.04 Å². The van der Waals surface area contributed by atoms with Gasteiger partial charge in [0.25, 0.3) is 0 Å². The highest BCUT2D eigenvalue weighted by Gasteiger charge is 2.17. The quantitative estimate of drug-likeness (QED) is 0.773. The summed E-state index contributed by atoms with van der Waals surface area (Å²) in [6.07, 6.45) is 3.01. The van der Waals surface area contributed by atoms with Crippen LogP contribution in [0.1, 0.15) is 17.5 Å². The van der Waals surface area contributed by atoms with Gasteiger partial charge < -0.3 is 10.5 Å². The van der Waals surface area contributed by atoms with Crippen LogP contribution >= 0.6 is 11.6 Å². The van der Waals surface area contributed by atoms with E-state index in [0.717, 1.165) is 25.0 Å². The first-order chi connectivity index (χ1) is 6.70. The van der Waals surface area contributed by atoms with E-state index in [2.05, 4.69) is 0 Å². The molecule has 2 rings (SSSR count). The third-order valence-electron chi connectivity index (χ3n) is 2.74. The fraction of sp³-hybridized carbons (Fsp3) is 0.455. The molecule has 1 aliphatic carbocycles. The van der Waals surface area contributed by atoms with E-state index in [4.69, 9.17) is 22.1 Å². The van der Waals surface area contributed by atoms with Crippen molar-refractivity contribution in [1.82, 2.24) is 0 Å². The molecule has 0 bridgehead atoms. The lowest BCUT2D eigenvalue weighted by Crippen LogP contribution is -2.27. The van der Waals surface area contributed by atoms with Gasteiger partial charge in [-0.3, -0.25) is 0 Å². The highest BCUT2D eigenvalue weighted by atomic mass is 35.5. The topological polar surface area (TPSA) is 35.2 Å². The lowest BCUT2D eigenvalue weighted by molar-refractivity contribution is 0.413. The lowest BCUT2D eigenvalue weighted by Gasteiger charge is -2.22. The molecular weight excluding hydrogens is 198 g/mol. The van der Waals surface area contributed by atoms with Gasteiger partial charge in [0.1, 0.15) is 5.75 Å². The standard InChI is InChI=1S/C11H14ClNO/c1-14-11-6-8-4-9(13)3-2-7(8)5-10(11)12/h5-6,9H,2-4,13H2,1H3. The summed E-state index contributed by atoms with van der Waals surface area (Å²) in [5.74, 6) is 0.750. The van der Waals surface area contributed by atoms with Gasteiger partial charge in [0.05, 0.1) is 12.1 Å². The Balaban J connectivity index is 2.41. The Morgan fingerprint density at radius 1 is 1.43 bits per heavy atom. The predicted molar refractivity (Wildman–Crippen MR) is 58.0 cm³/mol. The fourth-order valence-corrected chi connectivity index (χ4v) is 2.20. The van der Waals surface area contributed by atoms with Crippen LogP contribution in [0.3, 0.4) is 0 Å². The molecule has 1 atom stereocenters. The molecule has 3 heteroatoms. The molecule has 0 saturated carbocycles. The van der Waals surface area contributed by atoms with Gasteiger partial charge in [0.2, 0.25) is 0 Å². The average Bonchev–Trinajstić information content (AvgIpc) is 2.17. The smallest absolute Gasteiger partial charge is 0.137 e. The minimum Gasteiger partial charge on any atom is -0.495 e. The minimum atomic E-state index is 0.286. The van der Waals surface area contributed by atoms with E-state index in [1.807, 2.05) is 12.1 Å². The molecule has 0 aromatic heterocycles. The summed E-state index contributed by atoms with van der Waals surface area (Å²) in [5, 5.41) is 0.696. The van der Waals surface area contributed by atoms with Gasteiger partial charge in [-0.25, -0.2) is 0 Å². The Labute approximate surface area is 89.0 Å². The van der Waals surface area contributed by atoms with Gasteiger partial charge in [-0.05, 0) is 42.5 Å². The van der Waals surface area contributed by atoms with Crippen molar-refractivity contribution < 1.29 is 4.74 Å². The van der Waals surface area contributed by atoms with Crippen LogP contribution in [0.25, 0.3) is 0 Å². The highest BCUT2D eigenvalue weighted by Crippen LogP contribution is 2.31. The monoisotopic (exact) mass is 211 g/mol. The molecule has 0 amide bonds. The number of halogens is 1. The number of ether oxygens (including phenoxy) is 1. The SMILES string of the molecule is COc1cc2c(cc1Cl)CCC(N)C2. The lowest BCUT2D eigenvalue weighted by atomic mass is 9.88. The molecule has 0 fully saturated rings. The summed E-state index contributed by atoms with van der Waals surface area (Å²) in [5.41, 5.74) is 8.50. The van der Waals surface area contributed by atoms with E-state index in [0.29, 0.717) is 5.02 Å². The Kier molecular flexibility index (Phi) is 2.66. The highest BCUT2D eigenvalue weighted by molar-refractivity contribution is 6.32. The molecule has 0 heterocycles. The van der Waals surface area contributed by atoms with Crippen molar-refractivity contribution in [3.8, 4) is 5.75 Å². The normalized spacial score (nSPS) is 20.4. The molecule has 76 valence electrons. The van der Waals surface area contributed by atoms with E-state index in [1.54, 1.807) is 7.11 Å².